The molecule has 3 aliphatic heterocycles. The Balaban J connectivity index is 0.000000131. The molecule has 1 saturated carbocycles. The maximum Gasteiger partial charge on any atom is 0.0241 e. The normalized spacial score (nSPS) is 38.5. The first-order valence-corrected chi connectivity index (χ1v) is 9.41. The largest absolute Gasteiger partial charge is 0.311 e. The van der Waals surface area contributed by atoms with Crippen LogP contribution in [0.5, 0.6) is 0 Å². The zero-order valence-corrected chi connectivity index (χ0v) is 15.7. The van der Waals surface area contributed by atoms with Crippen LogP contribution in [0.2, 0.25) is 0 Å². The van der Waals surface area contributed by atoms with Gasteiger partial charge in [-0.05, 0) is 73.1 Å². The van der Waals surface area contributed by atoms with Crippen LogP contribution in [-0.2, 0) is 0 Å². The Labute approximate surface area is 137 Å². The Morgan fingerprint density at radius 3 is 1.68 bits per heavy atom. The van der Waals surface area contributed by atoms with E-state index in [1.807, 2.05) is 0 Å². The van der Waals surface area contributed by atoms with Crippen LogP contribution in [0.4, 0.5) is 0 Å². The van der Waals surface area contributed by atoms with Crippen LogP contribution in [-0.4, -0.2) is 58.6 Å². The SMILES string of the molecule is CC(C)(C)N1C[C@@H]2CC[C@H]1C2.CC(C)(C)N1C[C@@H]2C[C@H]1CN2. The van der Waals surface area contributed by atoms with E-state index in [-0.39, 0.29) is 0 Å². The van der Waals surface area contributed by atoms with Gasteiger partial charge in [-0.15, -0.1) is 0 Å². The van der Waals surface area contributed by atoms with Crippen LogP contribution >= 0.6 is 0 Å². The predicted molar refractivity (Wildman–Crippen MR) is 94.2 cm³/mol. The summed E-state index contributed by atoms with van der Waals surface area (Å²) in [6.45, 7) is 17.8. The van der Waals surface area contributed by atoms with Crippen molar-refractivity contribution in [1.29, 1.82) is 0 Å². The molecule has 4 bridgehead atoms. The lowest BCUT2D eigenvalue weighted by Gasteiger charge is -2.38. The Kier molecular flexibility index (Phi) is 4.37. The molecule has 0 amide bonds. The number of piperazine rings is 1. The number of piperidine rings is 1. The summed E-state index contributed by atoms with van der Waals surface area (Å²) >= 11 is 0. The van der Waals surface area contributed by atoms with Crippen molar-refractivity contribution in [1.82, 2.24) is 15.1 Å². The first-order valence-electron chi connectivity index (χ1n) is 9.41. The standard InChI is InChI=1S/C10H19N.C9H18N2/c1-10(2,3)11-7-8-4-5-9(11)6-8;1-9(2,3)11-6-7-4-8(11)5-10-7/h8-9H,4-7H2,1-3H3;7-8,10H,4-6H2,1-3H3/t8-,9+;7-,8-/m10/s1. The van der Waals surface area contributed by atoms with Gasteiger partial charge in [-0.1, -0.05) is 0 Å². The van der Waals surface area contributed by atoms with E-state index in [1.165, 1.54) is 45.3 Å². The fourth-order valence-corrected chi connectivity index (χ4v) is 5.13. The summed E-state index contributed by atoms with van der Waals surface area (Å²) in [5.74, 6) is 1.04. The fourth-order valence-electron chi connectivity index (χ4n) is 5.13. The van der Waals surface area contributed by atoms with Crippen molar-refractivity contribution in [3.8, 4) is 0 Å². The van der Waals surface area contributed by atoms with Crippen molar-refractivity contribution in [2.24, 2.45) is 5.92 Å². The van der Waals surface area contributed by atoms with E-state index in [1.54, 1.807) is 0 Å². The molecule has 3 heteroatoms. The summed E-state index contributed by atoms with van der Waals surface area (Å²) in [5.41, 5.74) is 0.793. The number of likely N-dealkylation sites (tertiary alicyclic amines) is 2. The molecular weight excluding hydrogens is 270 g/mol. The van der Waals surface area contributed by atoms with Crippen molar-refractivity contribution in [3.05, 3.63) is 0 Å². The Morgan fingerprint density at radius 1 is 0.773 bits per heavy atom. The summed E-state index contributed by atoms with van der Waals surface area (Å²) < 4.78 is 0. The molecule has 128 valence electrons. The molecule has 22 heavy (non-hydrogen) atoms. The minimum atomic E-state index is 0.377. The summed E-state index contributed by atoms with van der Waals surface area (Å²) in [6, 6.07) is 2.54. The van der Waals surface area contributed by atoms with Crippen LogP contribution < -0.4 is 5.32 Å². The second kappa shape index (κ2) is 5.75. The molecule has 1 N–H and O–H groups in total. The highest BCUT2D eigenvalue weighted by Gasteiger charge is 2.42. The van der Waals surface area contributed by atoms with Crippen LogP contribution in [0.25, 0.3) is 0 Å². The Morgan fingerprint density at radius 2 is 1.41 bits per heavy atom. The first-order chi connectivity index (χ1) is 10.1. The molecule has 4 aliphatic rings. The van der Waals surface area contributed by atoms with Gasteiger partial charge in [-0.25, -0.2) is 0 Å². The number of hydrogen-bond acceptors (Lipinski definition) is 3. The monoisotopic (exact) mass is 307 g/mol. The number of nitrogens with zero attached hydrogens (tertiary/aromatic N) is 2. The summed E-state index contributed by atoms with van der Waals surface area (Å²) in [6.07, 6.45) is 5.81. The third-order valence-corrected chi connectivity index (χ3v) is 6.19. The van der Waals surface area contributed by atoms with Gasteiger partial charge in [0.05, 0.1) is 0 Å². The van der Waals surface area contributed by atoms with Crippen molar-refractivity contribution >= 4 is 0 Å². The lowest BCUT2D eigenvalue weighted by Crippen LogP contribution is -2.52. The van der Waals surface area contributed by atoms with Gasteiger partial charge in [0.15, 0.2) is 0 Å². The highest BCUT2D eigenvalue weighted by Crippen LogP contribution is 2.40. The molecule has 3 heterocycles. The molecule has 0 aromatic carbocycles. The van der Waals surface area contributed by atoms with Crippen molar-refractivity contribution in [2.75, 3.05) is 19.6 Å². The molecule has 4 fully saturated rings. The summed E-state index contributed by atoms with van der Waals surface area (Å²) in [7, 11) is 0. The van der Waals surface area contributed by atoms with Gasteiger partial charge in [0.1, 0.15) is 0 Å². The average molecular weight is 308 g/mol. The van der Waals surface area contributed by atoms with Crippen LogP contribution in [0.15, 0.2) is 0 Å². The minimum absolute atomic E-state index is 0.377. The maximum atomic E-state index is 3.52. The Hall–Kier alpha value is -0.120. The second-order valence-corrected chi connectivity index (χ2v) is 9.97. The van der Waals surface area contributed by atoms with Gasteiger partial charge < -0.3 is 5.32 Å². The summed E-state index contributed by atoms with van der Waals surface area (Å²) in [4.78, 5) is 5.33. The van der Waals surface area contributed by atoms with Gasteiger partial charge in [-0.3, -0.25) is 9.80 Å². The van der Waals surface area contributed by atoms with Crippen molar-refractivity contribution in [2.45, 2.75) is 96.4 Å². The smallest absolute Gasteiger partial charge is 0.0241 e. The van der Waals surface area contributed by atoms with Crippen molar-refractivity contribution in [3.63, 3.8) is 0 Å². The van der Waals surface area contributed by atoms with Gasteiger partial charge in [0.2, 0.25) is 0 Å². The topological polar surface area (TPSA) is 18.5 Å². The zero-order valence-electron chi connectivity index (χ0n) is 15.7. The van der Waals surface area contributed by atoms with Crippen LogP contribution in [0, 0.1) is 5.92 Å². The second-order valence-electron chi connectivity index (χ2n) is 9.97. The quantitative estimate of drug-likeness (QED) is 0.742. The molecule has 0 aromatic rings. The molecule has 3 saturated heterocycles. The first kappa shape index (κ1) is 16.7. The molecule has 0 unspecified atom stereocenters. The number of rotatable bonds is 0. The van der Waals surface area contributed by atoms with E-state index in [4.69, 9.17) is 0 Å². The lowest BCUT2D eigenvalue weighted by molar-refractivity contribution is 0.0974. The molecule has 0 radical (unpaired) electrons. The van der Waals surface area contributed by atoms with Gasteiger partial charge >= 0.3 is 0 Å². The van der Waals surface area contributed by atoms with E-state index in [9.17, 15) is 0 Å². The molecule has 0 spiro atoms. The van der Waals surface area contributed by atoms with E-state index in [0.717, 1.165) is 24.0 Å². The zero-order chi connectivity index (χ0) is 16.1. The minimum Gasteiger partial charge on any atom is -0.311 e. The number of hydrogen-bond donors (Lipinski definition) is 1. The van der Waals surface area contributed by atoms with Gasteiger partial charge in [0, 0.05) is 48.8 Å². The van der Waals surface area contributed by atoms with Crippen LogP contribution in [0.3, 0.4) is 0 Å². The molecule has 4 atom stereocenters. The third kappa shape index (κ3) is 3.37. The van der Waals surface area contributed by atoms with E-state index >= 15 is 0 Å². The molecule has 4 rings (SSSR count). The average Bonchev–Trinajstić information content (AvgIpc) is 3.17. The molecule has 1 aliphatic carbocycles. The van der Waals surface area contributed by atoms with E-state index in [0.29, 0.717) is 11.1 Å². The number of fused-ring (bicyclic) bond motifs is 4. The highest BCUT2D eigenvalue weighted by molar-refractivity contribution is 5.01. The lowest BCUT2D eigenvalue weighted by atomic mass is 10.0. The molecular formula is C19H37N3. The fraction of sp³-hybridized carbons (Fsp3) is 1.00. The van der Waals surface area contributed by atoms with Crippen LogP contribution in [0.1, 0.15) is 67.2 Å². The summed E-state index contributed by atoms with van der Waals surface area (Å²) in [5, 5.41) is 3.52. The molecule has 3 nitrogen and oxygen atoms in total. The van der Waals surface area contributed by atoms with Crippen molar-refractivity contribution < 1.29 is 0 Å². The third-order valence-electron chi connectivity index (χ3n) is 6.19. The van der Waals surface area contributed by atoms with E-state index < -0.39 is 0 Å². The van der Waals surface area contributed by atoms with E-state index in [2.05, 4.69) is 56.7 Å². The maximum absolute atomic E-state index is 3.52. The highest BCUT2D eigenvalue weighted by atomic mass is 15.3. The van der Waals surface area contributed by atoms with Gasteiger partial charge in [0.25, 0.3) is 0 Å². The molecule has 0 aromatic heterocycles. The Bertz CT molecular complexity index is 354. The predicted octanol–water partition coefficient (Wildman–Crippen LogP) is 3.10. The van der Waals surface area contributed by atoms with Gasteiger partial charge in [-0.2, -0.15) is 0 Å². The number of nitrogens with one attached hydrogen (secondary N) is 1.